The Hall–Kier alpha value is -2.66. The van der Waals surface area contributed by atoms with Gasteiger partial charge in [0.25, 0.3) is 0 Å². The van der Waals surface area contributed by atoms with E-state index in [-0.39, 0.29) is 12.5 Å². The maximum Gasteiger partial charge on any atom is 0.240 e. The predicted molar refractivity (Wildman–Crippen MR) is 108 cm³/mol. The zero-order valence-corrected chi connectivity index (χ0v) is 16.1. The van der Waals surface area contributed by atoms with Crippen LogP contribution < -0.4 is 5.32 Å². The van der Waals surface area contributed by atoms with Crippen LogP contribution in [0, 0.1) is 6.92 Å². The van der Waals surface area contributed by atoms with Crippen molar-refractivity contribution in [3.05, 3.63) is 65.5 Å². The molecule has 142 valence electrons. The number of ether oxygens (including phenoxy) is 1. The topological polar surface area (TPSA) is 56.1 Å². The summed E-state index contributed by atoms with van der Waals surface area (Å²) >= 11 is 0. The van der Waals surface area contributed by atoms with Crippen molar-refractivity contribution in [3.63, 3.8) is 0 Å². The van der Waals surface area contributed by atoms with E-state index >= 15 is 0 Å². The number of nitrogens with one attached hydrogen (secondary N) is 1. The van der Waals surface area contributed by atoms with Gasteiger partial charge in [-0.05, 0) is 43.5 Å². The monoisotopic (exact) mass is 365 g/mol. The molecule has 3 aromatic rings. The number of hydrogen-bond acceptors (Lipinski definition) is 3. The van der Waals surface area contributed by atoms with Gasteiger partial charge >= 0.3 is 0 Å². The summed E-state index contributed by atoms with van der Waals surface area (Å²) in [6.07, 6.45) is 1.53. The number of carbonyl (C=O) groups is 1. The third-order valence-corrected chi connectivity index (χ3v) is 4.64. The van der Waals surface area contributed by atoms with E-state index in [2.05, 4.69) is 24.4 Å². The van der Waals surface area contributed by atoms with Crippen LogP contribution >= 0.6 is 0 Å². The molecule has 0 aliphatic carbocycles. The van der Waals surface area contributed by atoms with Gasteiger partial charge in [-0.2, -0.15) is 0 Å². The number of para-hydroxylation sites is 2. The highest BCUT2D eigenvalue weighted by atomic mass is 16.5. The third-order valence-electron chi connectivity index (χ3n) is 4.64. The summed E-state index contributed by atoms with van der Waals surface area (Å²) in [6, 6.07) is 16.3. The van der Waals surface area contributed by atoms with E-state index in [1.54, 1.807) is 0 Å². The molecule has 0 aliphatic rings. The molecule has 2 aromatic carbocycles. The second-order valence-corrected chi connectivity index (χ2v) is 6.61. The third kappa shape index (κ3) is 4.95. The number of nitrogens with zero attached hydrogens (tertiary/aromatic N) is 2. The first-order valence-electron chi connectivity index (χ1n) is 9.52. The fraction of sp³-hybridized carbons (Fsp3) is 0.364. The minimum atomic E-state index is 0.000634. The van der Waals surface area contributed by atoms with E-state index in [4.69, 9.17) is 9.72 Å². The minimum absolute atomic E-state index is 0.000634. The average Bonchev–Trinajstić information content (AvgIpc) is 3.01. The Morgan fingerprint density at radius 3 is 2.74 bits per heavy atom. The molecular formula is C22H27N3O2. The van der Waals surface area contributed by atoms with Gasteiger partial charge in [0.1, 0.15) is 12.4 Å². The molecule has 0 bridgehead atoms. The SMILES string of the molecule is CCOCCCNC(=O)Cn1c(Cc2ccccc2C)nc2ccccc21. The van der Waals surface area contributed by atoms with Crippen LogP contribution in [0.25, 0.3) is 11.0 Å². The molecule has 0 unspecified atom stereocenters. The van der Waals surface area contributed by atoms with Crippen LogP contribution in [0.4, 0.5) is 0 Å². The molecule has 0 fully saturated rings. The Morgan fingerprint density at radius 2 is 1.93 bits per heavy atom. The molecule has 1 amide bonds. The van der Waals surface area contributed by atoms with Crippen LogP contribution in [0.3, 0.4) is 0 Å². The Balaban J connectivity index is 1.76. The summed E-state index contributed by atoms with van der Waals surface area (Å²) in [5, 5.41) is 2.98. The zero-order valence-electron chi connectivity index (χ0n) is 16.1. The van der Waals surface area contributed by atoms with Gasteiger partial charge in [-0.1, -0.05) is 36.4 Å². The van der Waals surface area contributed by atoms with Crippen LogP contribution in [0.2, 0.25) is 0 Å². The van der Waals surface area contributed by atoms with Gasteiger partial charge in [0.15, 0.2) is 0 Å². The highest BCUT2D eigenvalue weighted by molar-refractivity contribution is 5.81. The van der Waals surface area contributed by atoms with Crippen LogP contribution in [0.5, 0.6) is 0 Å². The number of fused-ring (bicyclic) bond motifs is 1. The standard InChI is InChI=1S/C22H27N3O2/c1-3-27-14-8-13-23-22(26)16-25-20-12-7-6-11-19(20)24-21(25)15-18-10-5-4-9-17(18)2/h4-7,9-12H,3,8,13-16H2,1-2H3,(H,23,26). The van der Waals surface area contributed by atoms with Crippen molar-refractivity contribution in [1.82, 2.24) is 14.9 Å². The first-order chi connectivity index (χ1) is 13.2. The summed E-state index contributed by atoms with van der Waals surface area (Å²) in [7, 11) is 0. The molecule has 0 saturated carbocycles. The zero-order chi connectivity index (χ0) is 19.1. The first kappa shape index (κ1) is 19.1. The number of carbonyl (C=O) groups excluding carboxylic acids is 1. The summed E-state index contributed by atoms with van der Waals surface area (Å²) in [5.41, 5.74) is 4.37. The van der Waals surface area contributed by atoms with Crippen molar-refractivity contribution < 1.29 is 9.53 Å². The number of benzene rings is 2. The summed E-state index contributed by atoms with van der Waals surface area (Å²) in [6.45, 7) is 6.35. The molecular weight excluding hydrogens is 338 g/mol. The van der Waals surface area contributed by atoms with Gasteiger partial charge in [-0.25, -0.2) is 4.98 Å². The van der Waals surface area contributed by atoms with Gasteiger partial charge in [0, 0.05) is 26.2 Å². The van der Waals surface area contributed by atoms with Gasteiger partial charge in [0.2, 0.25) is 5.91 Å². The molecule has 5 heteroatoms. The van der Waals surface area contributed by atoms with E-state index in [0.717, 1.165) is 23.3 Å². The molecule has 0 spiro atoms. The second-order valence-electron chi connectivity index (χ2n) is 6.61. The molecule has 0 atom stereocenters. The van der Waals surface area contributed by atoms with E-state index < -0.39 is 0 Å². The highest BCUT2D eigenvalue weighted by Crippen LogP contribution is 2.20. The van der Waals surface area contributed by atoms with Gasteiger partial charge < -0.3 is 14.6 Å². The molecule has 0 saturated heterocycles. The van der Waals surface area contributed by atoms with Gasteiger partial charge in [0.05, 0.1) is 11.0 Å². The quantitative estimate of drug-likeness (QED) is 0.591. The maximum atomic E-state index is 12.5. The van der Waals surface area contributed by atoms with Gasteiger partial charge in [-0.3, -0.25) is 4.79 Å². The largest absolute Gasteiger partial charge is 0.382 e. The maximum absolute atomic E-state index is 12.5. The Bertz CT molecular complexity index is 901. The lowest BCUT2D eigenvalue weighted by Crippen LogP contribution is -2.29. The molecule has 3 rings (SSSR count). The lowest BCUT2D eigenvalue weighted by atomic mass is 10.1. The number of imidazole rings is 1. The van der Waals surface area contributed by atoms with E-state index in [1.807, 2.05) is 47.9 Å². The number of hydrogen-bond donors (Lipinski definition) is 1. The first-order valence-corrected chi connectivity index (χ1v) is 9.52. The van der Waals surface area contributed by atoms with Gasteiger partial charge in [-0.15, -0.1) is 0 Å². The minimum Gasteiger partial charge on any atom is -0.382 e. The van der Waals surface area contributed by atoms with Crippen molar-refractivity contribution in [3.8, 4) is 0 Å². The number of aromatic nitrogens is 2. The second kappa shape index (κ2) is 9.33. The molecule has 5 nitrogen and oxygen atoms in total. The molecule has 27 heavy (non-hydrogen) atoms. The fourth-order valence-corrected chi connectivity index (χ4v) is 3.16. The molecule has 1 heterocycles. The Morgan fingerprint density at radius 1 is 1.15 bits per heavy atom. The fourth-order valence-electron chi connectivity index (χ4n) is 3.16. The van der Waals surface area contributed by atoms with Crippen molar-refractivity contribution in [1.29, 1.82) is 0 Å². The lowest BCUT2D eigenvalue weighted by Gasteiger charge is -2.11. The molecule has 0 radical (unpaired) electrons. The van der Waals surface area contributed by atoms with Crippen molar-refractivity contribution in [2.24, 2.45) is 0 Å². The Kier molecular flexibility index (Phi) is 6.60. The summed E-state index contributed by atoms with van der Waals surface area (Å²) < 4.78 is 7.34. The van der Waals surface area contributed by atoms with Crippen molar-refractivity contribution in [2.75, 3.05) is 19.8 Å². The number of amides is 1. The van der Waals surface area contributed by atoms with Crippen molar-refractivity contribution >= 4 is 16.9 Å². The number of aryl methyl sites for hydroxylation is 1. The number of rotatable bonds is 9. The van der Waals surface area contributed by atoms with Crippen LogP contribution in [0.1, 0.15) is 30.3 Å². The Labute approximate surface area is 160 Å². The van der Waals surface area contributed by atoms with Crippen LogP contribution in [-0.4, -0.2) is 35.2 Å². The smallest absolute Gasteiger partial charge is 0.240 e. The van der Waals surface area contributed by atoms with Crippen LogP contribution in [0.15, 0.2) is 48.5 Å². The molecule has 0 aliphatic heterocycles. The average molecular weight is 365 g/mol. The van der Waals surface area contributed by atoms with E-state index in [9.17, 15) is 4.79 Å². The normalized spacial score (nSPS) is 11.0. The lowest BCUT2D eigenvalue weighted by molar-refractivity contribution is -0.121. The van der Waals surface area contributed by atoms with Crippen molar-refractivity contribution in [2.45, 2.75) is 33.2 Å². The summed E-state index contributed by atoms with van der Waals surface area (Å²) in [4.78, 5) is 17.2. The molecule has 1 aromatic heterocycles. The van der Waals surface area contributed by atoms with E-state index in [1.165, 1.54) is 11.1 Å². The predicted octanol–water partition coefficient (Wildman–Crippen LogP) is 3.48. The van der Waals surface area contributed by atoms with E-state index in [0.29, 0.717) is 26.2 Å². The summed E-state index contributed by atoms with van der Waals surface area (Å²) in [5.74, 6) is 0.913. The van der Waals surface area contributed by atoms with Crippen LogP contribution in [-0.2, 0) is 22.5 Å². The highest BCUT2D eigenvalue weighted by Gasteiger charge is 2.14. The molecule has 1 N–H and O–H groups in total.